The average molecular weight is 369 g/mol. The van der Waals surface area contributed by atoms with E-state index in [1.807, 2.05) is 31.2 Å². The lowest BCUT2D eigenvalue weighted by atomic mass is 10.1. The quantitative estimate of drug-likeness (QED) is 0.504. The van der Waals surface area contributed by atoms with Crippen molar-refractivity contribution in [3.05, 3.63) is 58.8 Å². The van der Waals surface area contributed by atoms with Crippen molar-refractivity contribution in [1.29, 1.82) is 0 Å². The maximum absolute atomic E-state index is 13.1. The van der Waals surface area contributed by atoms with E-state index in [2.05, 4.69) is 20.3 Å². The summed E-state index contributed by atoms with van der Waals surface area (Å²) < 4.78 is 20.5. The smallest absolute Gasteiger partial charge is 0.256 e. The molecular weight excluding hydrogens is 353 g/mol. The molecule has 0 amide bonds. The molecule has 1 aromatic carbocycles. The van der Waals surface area contributed by atoms with E-state index in [4.69, 9.17) is 4.52 Å². The van der Waals surface area contributed by atoms with Gasteiger partial charge in [0.1, 0.15) is 5.82 Å². The van der Waals surface area contributed by atoms with Crippen LogP contribution in [-0.4, -0.2) is 24.7 Å². The molecule has 0 saturated carbocycles. The standard InChI is InChI=1S/C18H16FN5OS/c1-10-8-11(2)24-17(20-10)21-22-18(24)26-9-15-12(3)16(25-23-15)13-4-6-14(19)7-5-13/h4-8H,9H2,1-3H3. The van der Waals surface area contributed by atoms with Crippen LogP contribution in [0.3, 0.4) is 0 Å². The largest absolute Gasteiger partial charge is 0.356 e. The van der Waals surface area contributed by atoms with Gasteiger partial charge in [0.2, 0.25) is 0 Å². The van der Waals surface area contributed by atoms with Gasteiger partial charge >= 0.3 is 0 Å². The van der Waals surface area contributed by atoms with Crippen molar-refractivity contribution in [1.82, 2.24) is 24.7 Å². The number of benzene rings is 1. The monoisotopic (exact) mass is 369 g/mol. The molecule has 0 radical (unpaired) electrons. The highest BCUT2D eigenvalue weighted by Crippen LogP contribution is 2.30. The average Bonchev–Trinajstić information content (AvgIpc) is 3.17. The molecule has 0 N–H and O–H groups in total. The summed E-state index contributed by atoms with van der Waals surface area (Å²) in [5.41, 5.74) is 4.50. The zero-order valence-electron chi connectivity index (χ0n) is 14.5. The third-order valence-corrected chi connectivity index (χ3v) is 5.07. The minimum atomic E-state index is -0.278. The molecule has 0 aliphatic rings. The van der Waals surface area contributed by atoms with Crippen molar-refractivity contribution in [2.75, 3.05) is 0 Å². The number of nitrogens with zero attached hydrogens (tertiary/aromatic N) is 5. The number of aromatic nitrogens is 5. The third-order valence-electron chi connectivity index (χ3n) is 4.13. The molecule has 8 heteroatoms. The Morgan fingerprint density at radius 3 is 2.65 bits per heavy atom. The Kier molecular flexibility index (Phi) is 4.20. The van der Waals surface area contributed by atoms with Crippen molar-refractivity contribution < 1.29 is 8.91 Å². The first kappa shape index (κ1) is 16.7. The van der Waals surface area contributed by atoms with Gasteiger partial charge in [-0.3, -0.25) is 4.40 Å². The number of halogens is 1. The molecule has 4 aromatic rings. The normalized spacial score (nSPS) is 11.4. The summed E-state index contributed by atoms with van der Waals surface area (Å²) in [6.45, 7) is 5.89. The molecular formula is C18H16FN5OS. The zero-order chi connectivity index (χ0) is 18.3. The van der Waals surface area contributed by atoms with Crippen LogP contribution in [0.4, 0.5) is 4.39 Å². The molecule has 6 nitrogen and oxygen atoms in total. The Labute approximate surface area is 153 Å². The highest BCUT2D eigenvalue weighted by Gasteiger charge is 2.16. The van der Waals surface area contributed by atoms with E-state index >= 15 is 0 Å². The van der Waals surface area contributed by atoms with Gasteiger partial charge in [-0.15, -0.1) is 10.2 Å². The lowest BCUT2D eigenvalue weighted by Crippen LogP contribution is -1.98. The van der Waals surface area contributed by atoms with Crippen molar-refractivity contribution in [3.8, 4) is 11.3 Å². The van der Waals surface area contributed by atoms with Gasteiger partial charge in [0, 0.05) is 28.3 Å². The first-order valence-corrected chi connectivity index (χ1v) is 9.05. The van der Waals surface area contributed by atoms with Crippen LogP contribution in [0.2, 0.25) is 0 Å². The van der Waals surface area contributed by atoms with Crippen LogP contribution in [0.5, 0.6) is 0 Å². The lowest BCUT2D eigenvalue weighted by molar-refractivity contribution is 0.426. The van der Waals surface area contributed by atoms with E-state index in [0.29, 0.717) is 17.3 Å². The molecule has 3 aromatic heterocycles. The first-order chi connectivity index (χ1) is 12.5. The molecule has 0 saturated heterocycles. The van der Waals surface area contributed by atoms with Gasteiger partial charge in [0.15, 0.2) is 10.9 Å². The fourth-order valence-corrected chi connectivity index (χ4v) is 3.79. The SMILES string of the molecule is Cc1cc(C)n2c(SCc3noc(-c4ccc(F)cc4)c3C)nnc2n1. The van der Waals surface area contributed by atoms with Gasteiger partial charge in [0.05, 0.1) is 5.69 Å². The molecule has 4 rings (SSSR count). The summed E-state index contributed by atoms with van der Waals surface area (Å²) in [5, 5.41) is 13.3. The molecule has 0 unspecified atom stereocenters. The highest BCUT2D eigenvalue weighted by atomic mass is 32.2. The van der Waals surface area contributed by atoms with E-state index in [9.17, 15) is 4.39 Å². The van der Waals surface area contributed by atoms with Crippen LogP contribution in [0.25, 0.3) is 17.1 Å². The molecule has 0 fully saturated rings. The Balaban J connectivity index is 1.59. The van der Waals surface area contributed by atoms with Crippen LogP contribution in [0, 0.1) is 26.6 Å². The number of rotatable bonds is 4. The fourth-order valence-electron chi connectivity index (χ4n) is 2.80. The molecule has 0 aliphatic heterocycles. The predicted molar refractivity (Wildman–Crippen MR) is 96.5 cm³/mol. The number of thioether (sulfide) groups is 1. The number of fused-ring (bicyclic) bond motifs is 1. The Hall–Kier alpha value is -2.74. The van der Waals surface area contributed by atoms with Crippen molar-refractivity contribution in [2.24, 2.45) is 0 Å². The van der Waals surface area contributed by atoms with Gasteiger partial charge in [-0.05, 0) is 51.1 Å². The van der Waals surface area contributed by atoms with Crippen LogP contribution in [0.1, 0.15) is 22.6 Å². The van der Waals surface area contributed by atoms with Gasteiger partial charge in [-0.25, -0.2) is 9.37 Å². The maximum atomic E-state index is 13.1. The van der Waals surface area contributed by atoms with Gasteiger partial charge in [0.25, 0.3) is 5.78 Å². The van der Waals surface area contributed by atoms with Gasteiger partial charge in [-0.1, -0.05) is 16.9 Å². The van der Waals surface area contributed by atoms with Crippen LogP contribution in [0.15, 0.2) is 40.0 Å². The van der Waals surface area contributed by atoms with E-state index in [0.717, 1.165) is 33.4 Å². The maximum Gasteiger partial charge on any atom is 0.256 e. The van der Waals surface area contributed by atoms with Crippen LogP contribution < -0.4 is 0 Å². The number of hydrogen-bond acceptors (Lipinski definition) is 6. The Morgan fingerprint density at radius 1 is 1.12 bits per heavy atom. The second-order valence-electron chi connectivity index (χ2n) is 6.04. The molecule has 132 valence electrons. The molecule has 0 aliphatic carbocycles. The molecule has 0 spiro atoms. The molecule has 0 bridgehead atoms. The highest BCUT2D eigenvalue weighted by molar-refractivity contribution is 7.98. The van der Waals surface area contributed by atoms with E-state index in [1.54, 1.807) is 12.1 Å². The third kappa shape index (κ3) is 2.96. The summed E-state index contributed by atoms with van der Waals surface area (Å²) in [4.78, 5) is 4.39. The summed E-state index contributed by atoms with van der Waals surface area (Å²) in [7, 11) is 0. The summed E-state index contributed by atoms with van der Waals surface area (Å²) in [5.74, 6) is 1.55. The van der Waals surface area contributed by atoms with Crippen molar-refractivity contribution >= 4 is 17.5 Å². The Morgan fingerprint density at radius 2 is 1.88 bits per heavy atom. The number of aryl methyl sites for hydroxylation is 2. The zero-order valence-corrected chi connectivity index (χ0v) is 15.3. The van der Waals surface area contributed by atoms with E-state index in [-0.39, 0.29) is 5.82 Å². The topological polar surface area (TPSA) is 69.1 Å². The lowest BCUT2D eigenvalue weighted by Gasteiger charge is -2.03. The summed E-state index contributed by atoms with van der Waals surface area (Å²) in [6, 6.07) is 8.18. The fraction of sp³-hybridized carbons (Fsp3) is 0.222. The van der Waals surface area contributed by atoms with Gasteiger partial charge in [-0.2, -0.15) is 0 Å². The Bertz CT molecular complexity index is 1090. The molecule has 0 atom stereocenters. The summed E-state index contributed by atoms with van der Waals surface area (Å²) >= 11 is 1.52. The van der Waals surface area contributed by atoms with Crippen molar-refractivity contribution in [3.63, 3.8) is 0 Å². The molecule has 3 heterocycles. The molecule has 26 heavy (non-hydrogen) atoms. The summed E-state index contributed by atoms with van der Waals surface area (Å²) in [6.07, 6.45) is 0. The first-order valence-electron chi connectivity index (χ1n) is 8.06. The minimum absolute atomic E-state index is 0.278. The van der Waals surface area contributed by atoms with E-state index in [1.165, 1.54) is 23.9 Å². The second kappa shape index (κ2) is 6.53. The van der Waals surface area contributed by atoms with Crippen LogP contribution in [-0.2, 0) is 5.75 Å². The second-order valence-corrected chi connectivity index (χ2v) is 6.98. The van der Waals surface area contributed by atoms with Crippen molar-refractivity contribution in [2.45, 2.75) is 31.7 Å². The minimum Gasteiger partial charge on any atom is -0.356 e. The van der Waals surface area contributed by atoms with Crippen LogP contribution >= 0.6 is 11.8 Å². The van der Waals surface area contributed by atoms with Gasteiger partial charge < -0.3 is 4.52 Å². The van der Waals surface area contributed by atoms with E-state index < -0.39 is 0 Å². The number of hydrogen-bond donors (Lipinski definition) is 0. The predicted octanol–water partition coefficient (Wildman–Crippen LogP) is 4.14.